The molecule has 1 atom stereocenters. The second-order valence-corrected chi connectivity index (χ2v) is 2.60. The number of hydrogen-bond donors (Lipinski definition) is 2. The van der Waals surface area contributed by atoms with Crippen molar-refractivity contribution in [1.82, 2.24) is 5.32 Å². The molecule has 14 heavy (non-hydrogen) atoms. The van der Waals surface area contributed by atoms with Crippen LogP contribution in [0.25, 0.3) is 0 Å². The lowest BCUT2D eigenvalue weighted by molar-refractivity contribution is -0.150. The summed E-state index contributed by atoms with van der Waals surface area (Å²) in [6.07, 6.45) is -0.358. The van der Waals surface area contributed by atoms with Gasteiger partial charge in [-0.2, -0.15) is 0 Å². The van der Waals surface area contributed by atoms with E-state index >= 15 is 0 Å². The number of amides is 1. The van der Waals surface area contributed by atoms with Gasteiger partial charge in [0.15, 0.2) is 0 Å². The van der Waals surface area contributed by atoms with Gasteiger partial charge in [0.1, 0.15) is 6.04 Å². The van der Waals surface area contributed by atoms with Crippen LogP contribution in [-0.4, -0.2) is 35.6 Å². The summed E-state index contributed by atoms with van der Waals surface area (Å²) in [5.74, 6) is -2.40. The van der Waals surface area contributed by atoms with Crippen molar-refractivity contribution in [2.45, 2.75) is 26.3 Å². The van der Waals surface area contributed by atoms with Crippen LogP contribution in [-0.2, 0) is 19.1 Å². The fourth-order valence-corrected chi connectivity index (χ4v) is 0.832. The lowest BCUT2D eigenvalue weighted by Crippen LogP contribution is -2.41. The normalized spacial score (nSPS) is 11.6. The van der Waals surface area contributed by atoms with Crippen LogP contribution in [0.15, 0.2) is 0 Å². The molecule has 0 rings (SSSR count). The number of carbonyl (C=O) groups is 3. The molecule has 0 spiro atoms. The summed E-state index contributed by atoms with van der Waals surface area (Å²) in [7, 11) is 0. The van der Waals surface area contributed by atoms with E-state index in [1.807, 2.05) is 0 Å². The minimum Gasteiger partial charge on any atom is -0.480 e. The zero-order valence-electron chi connectivity index (χ0n) is 8.07. The zero-order valence-corrected chi connectivity index (χ0v) is 8.07. The highest BCUT2D eigenvalue weighted by molar-refractivity contribution is 5.86. The van der Waals surface area contributed by atoms with Gasteiger partial charge >= 0.3 is 11.9 Å². The van der Waals surface area contributed by atoms with E-state index in [2.05, 4.69) is 10.1 Å². The van der Waals surface area contributed by atoms with E-state index in [4.69, 9.17) is 5.11 Å². The van der Waals surface area contributed by atoms with Gasteiger partial charge in [0.25, 0.3) is 0 Å². The Morgan fingerprint density at radius 1 is 1.43 bits per heavy atom. The molecule has 0 bridgehead atoms. The SMILES string of the molecule is CCOC(=O)C[C@@H](NC(C)=O)C(=O)O. The van der Waals surface area contributed by atoms with Crippen molar-refractivity contribution in [2.24, 2.45) is 0 Å². The van der Waals surface area contributed by atoms with E-state index < -0.39 is 23.9 Å². The summed E-state index contributed by atoms with van der Waals surface area (Å²) in [6, 6.07) is -1.22. The van der Waals surface area contributed by atoms with Gasteiger partial charge in [-0.15, -0.1) is 0 Å². The number of nitrogens with one attached hydrogen (secondary N) is 1. The molecule has 0 saturated heterocycles. The highest BCUT2D eigenvalue weighted by Gasteiger charge is 2.22. The summed E-state index contributed by atoms with van der Waals surface area (Å²) in [5.41, 5.74) is 0. The van der Waals surface area contributed by atoms with E-state index in [1.165, 1.54) is 6.92 Å². The lowest BCUT2D eigenvalue weighted by Gasteiger charge is -2.11. The third-order valence-corrected chi connectivity index (χ3v) is 1.35. The third-order valence-electron chi connectivity index (χ3n) is 1.35. The predicted octanol–water partition coefficient (Wildman–Crippen LogP) is -0.471. The molecule has 0 radical (unpaired) electrons. The Kier molecular flexibility index (Phi) is 5.28. The third kappa shape index (κ3) is 5.13. The highest BCUT2D eigenvalue weighted by Crippen LogP contribution is 1.95. The Morgan fingerprint density at radius 3 is 2.36 bits per heavy atom. The molecule has 0 saturated carbocycles. The summed E-state index contributed by atoms with van der Waals surface area (Å²) in [4.78, 5) is 32.0. The molecule has 0 aliphatic heterocycles. The molecule has 0 aliphatic rings. The Hall–Kier alpha value is -1.59. The number of carboxylic acids is 1. The van der Waals surface area contributed by atoms with Crippen molar-refractivity contribution in [1.29, 1.82) is 0 Å². The maximum atomic E-state index is 10.9. The fraction of sp³-hybridized carbons (Fsp3) is 0.625. The lowest BCUT2D eigenvalue weighted by atomic mass is 10.2. The van der Waals surface area contributed by atoms with Crippen molar-refractivity contribution in [3.8, 4) is 0 Å². The Morgan fingerprint density at radius 2 is 2.00 bits per heavy atom. The first-order valence-electron chi connectivity index (χ1n) is 4.13. The van der Waals surface area contributed by atoms with E-state index in [9.17, 15) is 14.4 Å². The molecule has 2 N–H and O–H groups in total. The number of hydrogen-bond acceptors (Lipinski definition) is 4. The number of ether oxygens (including phenoxy) is 1. The predicted molar refractivity (Wildman–Crippen MR) is 46.5 cm³/mol. The van der Waals surface area contributed by atoms with Crippen molar-refractivity contribution in [3.05, 3.63) is 0 Å². The van der Waals surface area contributed by atoms with Gasteiger partial charge in [-0.1, -0.05) is 0 Å². The largest absolute Gasteiger partial charge is 0.480 e. The fourth-order valence-electron chi connectivity index (χ4n) is 0.832. The summed E-state index contributed by atoms with van der Waals surface area (Å²) in [6.45, 7) is 2.98. The minimum atomic E-state index is -1.26. The number of rotatable bonds is 5. The molecule has 0 heterocycles. The molecule has 1 amide bonds. The molecular weight excluding hydrogens is 190 g/mol. The van der Waals surface area contributed by atoms with Crippen LogP contribution in [0.5, 0.6) is 0 Å². The van der Waals surface area contributed by atoms with Gasteiger partial charge in [0.2, 0.25) is 5.91 Å². The standard InChI is InChI=1S/C8H13NO5/c1-3-14-7(11)4-6(8(12)13)9-5(2)10/h6H,3-4H2,1-2H3,(H,9,10)(H,12,13)/t6-/m1/s1. The van der Waals surface area contributed by atoms with E-state index in [-0.39, 0.29) is 13.0 Å². The number of carboxylic acid groups (broad SMARTS) is 1. The van der Waals surface area contributed by atoms with Crippen molar-refractivity contribution in [2.75, 3.05) is 6.61 Å². The monoisotopic (exact) mass is 203 g/mol. The van der Waals surface area contributed by atoms with Gasteiger partial charge in [0, 0.05) is 6.92 Å². The molecule has 0 fully saturated rings. The van der Waals surface area contributed by atoms with Crippen molar-refractivity contribution in [3.63, 3.8) is 0 Å². The van der Waals surface area contributed by atoms with Crippen molar-refractivity contribution >= 4 is 17.8 Å². The molecule has 6 nitrogen and oxygen atoms in total. The van der Waals surface area contributed by atoms with Crippen LogP contribution >= 0.6 is 0 Å². The Bertz CT molecular complexity index is 238. The maximum Gasteiger partial charge on any atom is 0.326 e. The van der Waals surface area contributed by atoms with Gasteiger partial charge in [0.05, 0.1) is 13.0 Å². The van der Waals surface area contributed by atoms with Gasteiger partial charge in [-0.25, -0.2) is 4.79 Å². The second kappa shape index (κ2) is 5.95. The minimum absolute atomic E-state index is 0.186. The first-order chi connectivity index (χ1) is 6.47. The van der Waals surface area contributed by atoms with Crippen LogP contribution in [0.1, 0.15) is 20.3 Å². The molecule has 0 aliphatic carbocycles. The maximum absolute atomic E-state index is 10.9. The van der Waals surface area contributed by atoms with Gasteiger partial charge in [-0.05, 0) is 6.92 Å². The molecular formula is C8H13NO5. The average molecular weight is 203 g/mol. The van der Waals surface area contributed by atoms with E-state index in [0.717, 1.165) is 0 Å². The Labute approximate surface area is 81.2 Å². The van der Waals surface area contributed by atoms with Gasteiger partial charge in [-0.3, -0.25) is 9.59 Å². The van der Waals surface area contributed by atoms with Crippen LogP contribution < -0.4 is 5.32 Å². The summed E-state index contributed by atoms with van der Waals surface area (Å²) in [5, 5.41) is 10.7. The highest BCUT2D eigenvalue weighted by atomic mass is 16.5. The van der Waals surface area contributed by atoms with Crippen LogP contribution in [0.2, 0.25) is 0 Å². The quantitative estimate of drug-likeness (QED) is 0.589. The number of esters is 1. The van der Waals surface area contributed by atoms with E-state index in [1.54, 1.807) is 6.92 Å². The van der Waals surface area contributed by atoms with Crippen LogP contribution in [0.4, 0.5) is 0 Å². The van der Waals surface area contributed by atoms with Crippen LogP contribution in [0, 0.1) is 0 Å². The number of aliphatic carboxylic acids is 1. The first kappa shape index (κ1) is 12.4. The smallest absolute Gasteiger partial charge is 0.326 e. The molecule has 0 aromatic carbocycles. The second-order valence-electron chi connectivity index (χ2n) is 2.60. The van der Waals surface area contributed by atoms with Crippen LogP contribution in [0.3, 0.4) is 0 Å². The van der Waals surface area contributed by atoms with Gasteiger partial charge < -0.3 is 15.2 Å². The topological polar surface area (TPSA) is 92.7 Å². The summed E-state index contributed by atoms with van der Waals surface area (Å²) < 4.78 is 4.55. The molecule has 0 unspecified atom stereocenters. The molecule has 80 valence electrons. The van der Waals surface area contributed by atoms with Crippen molar-refractivity contribution < 1.29 is 24.2 Å². The Balaban J connectivity index is 4.16. The zero-order chi connectivity index (χ0) is 11.1. The molecule has 0 aromatic rings. The molecule has 6 heteroatoms. The van der Waals surface area contributed by atoms with E-state index in [0.29, 0.717) is 0 Å². The average Bonchev–Trinajstić information content (AvgIpc) is 2.02. The summed E-state index contributed by atoms with van der Waals surface area (Å²) >= 11 is 0. The first-order valence-corrected chi connectivity index (χ1v) is 4.13. The molecule has 0 aromatic heterocycles. The number of carbonyl (C=O) groups excluding carboxylic acids is 2.